The quantitative estimate of drug-likeness (QED) is 0.130. The zero-order valence-electron chi connectivity index (χ0n) is 21.4. The van der Waals surface area contributed by atoms with Crippen molar-refractivity contribution in [3.63, 3.8) is 0 Å². The summed E-state index contributed by atoms with van der Waals surface area (Å²) in [4.78, 5) is 28.8. The lowest BCUT2D eigenvalue weighted by atomic mass is 9.88. The van der Waals surface area contributed by atoms with Gasteiger partial charge in [0.05, 0.1) is 33.6 Å². The molecule has 0 radical (unpaired) electrons. The fourth-order valence-electron chi connectivity index (χ4n) is 4.83. The molecule has 0 amide bonds. The third-order valence-corrected chi connectivity index (χ3v) is 7.44. The number of non-ortho nitro benzene ring substituents is 1. The summed E-state index contributed by atoms with van der Waals surface area (Å²) in [5.41, 5.74) is 2.00. The number of hydrogen-bond donors (Lipinski definition) is 0. The minimum Gasteiger partial charge on any atom is -0.493 e. The fourth-order valence-corrected chi connectivity index (χ4v) is 5.40. The predicted molar refractivity (Wildman–Crippen MR) is 153 cm³/mol. The molecule has 0 saturated heterocycles. The Morgan fingerprint density at radius 3 is 2.59 bits per heavy atom. The van der Waals surface area contributed by atoms with E-state index in [9.17, 15) is 14.9 Å². The number of rotatable bonds is 8. The van der Waals surface area contributed by atoms with Crippen LogP contribution >= 0.6 is 15.9 Å². The molecule has 1 fully saturated rings. The fraction of sp³-hybridized carbons (Fsp3) is 0.276. The highest BCUT2D eigenvalue weighted by atomic mass is 79.9. The van der Waals surface area contributed by atoms with Gasteiger partial charge in [-0.1, -0.05) is 31.4 Å². The summed E-state index contributed by atoms with van der Waals surface area (Å²) in [6.45, 7) is 0.198. The Hall–Kier alpha value is -4.05. The number of ether oxygens (including phenoxy) is 2. The van der Waals surface area contributed by atoms with Crippen LogP contribution in [0.4, 0.5) is 5.69 Å². The molecule has 200 valence electrons. The highest BCUT2D eigenvalue weighted by molar-refractivity contribution is 9.10. The Labute approximate surface area is 233 Å². The van der Waals surface area contributed by atoms with Crippen molar-refractivity contribution >= 4 is 38.7 Å². The minimum absolute atomic E-state index is 0.0218. The van der Waals surface area contributed by atoms with Crippen LogP contribution in [-0.2, 0) is 6.61 Å². The average molecular weight is 591 g/mol. The van der Waals surface area contributed by atoms with Crippen molar-refractivity contribution in [3.05, 3.63) is 103 Å². The lowest BCUT2D eigenvalue weighted by Crippen LogP contribution is -2.25. The van der Waals surface area contributed by atoms with Crippen LogP contribution in [-0.4, -0.2) is 27.9 Å². The van der Waals surface area contributed by atoms with Crippen LogP contribution in [0.5, 0.6) is 11.5 Å². The van der Waals surface area contributed by atoms with E-state index >= 15 is 0 Å². The highest BCUT2D eigenvalue weighted by Gasteiger charge is 2.22. The Morgan fingerprint density at radius 2 is 1.87 bits per heavy atom. The van der Waals surface area contributed by atoms with Crippen molar-refractivity contribution in [2.24, 2.45) is 5.10 Å². The van der Waals surface area contributed by atoms with Gasteiger partial charge in [-0.3, -0.25) is 14.9 Å². The normalized spacial score (nSPS) is 14.1. The van der Waals surface area contributed by atoms with Gasteiger partial charge in [-0.05, 0) is 76.3 Å². The predicted octanol–water partition coefficient (Wildman–Crippen LogP) is 6.58. The zero-order valence-corrected chi connectivity index (χ0v) is 23.0. The third-order valence-electron chi connectivity index (χ3n) is 6.85. The summed E-state index contributed by atoms with van der Waals surface area (Å²) in [5, 5.41) is 16.0. The molecule has 1 heterocycles. The van der Waals surface area contributed by atoms with Gasteiger partial charge in [-0.25, -0.2) is 4.98 Å². The number of halogens is 1. The molecule has 0 aliphatic heterocycles. The van der Waals surface area contributed by atoms with E-state index in [-0.39, 0.29) is 23.8 Å². The number of fused-ring (bicyclic) bond motifs is 1. The molecule has 0 N–H and O–H groups in total. The Morgan fingerprint density at radius 1 is 1.13 bits per heavy atom. The van der Waals surface area contributed by atoms with E-state index < -0.39 is 4.92 Å². The van der Waals surface area contributed by atoms with Crippen molar-refractivity contribution in [2.75, 3.05) is 7.11 Å². The number of benzene rings is 3. The zero-order chi connectivity index (χ0) is 27.4. The van der Waals surface area contributed by atoms with Gasteiger partial charge < -0.3 is 9.47 Å². The van der Waals surface area contributed by atoms with Crippen LogP contribution < -0.4 is 15.0 Å². The lowest BCUT2D eigenvalue weighted by Gasteiger charge is -2.22. The van der Waals surface area contributed by atoms with Crippen LogP contribution in [0.3, 0.4) is 0 Å². The van der Waals surface area contributed by atoms with E-state index in [1.54, 1.807) is 37.6 Å². The Bertz CT molecular complexity index is 1590. The summed E-state index contributed by atoms with van der Waals surface area (Å²) in [7, 11) is 1.54. The molecule has 1 aromatic heterocycles. The maximum Gasteiger partial charge on any atom is 0.282 e. The number of aromatic nitrogens is 2. The summed E-state index contributed by atoms with van der Waals surface area (Å²) in [6.07, 6.45) is 7.02. The topological polar surface area (TPSA) is 109 Å². The summed E-state index contributed by atoms with van der Waals surface area (Å²) >= 11 is 3.56. The Kier molecular flexibility index (Phi) is 8.02. The lowest BCUT2D eigenvalue weighted by molar-refractivity contribution is -0.384. The molecule has 4 aromatic rings. The summed E-state index contributed by atoms with van der Waals surface area (Å²) < 4.78 is 13.6. The van der Waals surface area contributed by atoms with Gasteiger partial charge in [-0.15, -0.1) is 0 Å². The largest absolute Gasteiger partial charge is 0.493 e. The number of nitro benzene ring substituents is 1. The van der Waals surface area contributed by atoms with Gasteiger partial charge in [0.2, 0.25) is 0 Å². The van der Waals surface area contributed by atoms with Gasteiger partial charge in [0, 0.05) is 18.1 Å². The molecular formula is C29H27BrN4O5. The molecule has 0 atom stereocenters. The first kappa shape index (κ1) is 26.6. The first-order valence-corrected chi connectivity index (χ1v) is 13.5. The van der Waals surface area contributed by atoms with Crippen LogP contribution in [0.25, 0.3) is 10.9 Å². The molecule has 0 unspecified atom stereocenters. The maximum absolute atomic E-state index is 13.5. The molecule has 1 saturated carbocycles. The number of para-hydroxylation sites is 1. The molecule has 1 aliphatic carbocycles. The van der Waals surface area contributed by atoms with Gasteiger partial charge in [0.25, 0.3) is 11.2 Å². The van der Waals surface area contributed by atoms with E-state index in [1.165, 1.54) is 23.2 Å². The first-order chi connectivity index (χ1) is 18.9. The smallest absolute Gasteiger partial charge is 0.282 e. The van der Waals surface area contributed by atoms with Crippen LogP contribution in [0, 0.1) is 10.1 Å². The third kappa shape index (κ3) is 5.85. The van der Waals surface area contributed by atoms with E-state index in [0.717, 1.165) is 31.2 Å². The molecule has 3 aromatic carbocycles. The van der Waals surface area contributed by atoms with E-state index in [4.69, 9.17) is 14.5 Å². The summed E-state index contributed by atoms with van der Waals surface area (Å²) in [5.74, 6) is 1.85. The number of nitro groups is 1. The second kappa shape index (κ2) is 11.8. The monoisotopic (exact) mass is 590 g/mol. The van der Waals surface area contributed by atoms with Crippen LogP contribution in [0.15, 0.2) is 75.0 Å². The Balaban J connectivity index is 1.44. The van der Waals surface area contributed by atoms with Crippen molar-refractivity contribution in [3.8, 4) is 11.5 Å². The van der Waals surface area contributed by atoms with Crippen LogP contribution in [0.2, 0.25) is 0 Å². The van der Waals surface area contributed by atoms with Crippen molar-refractivity contribution < 1.29 is 14.4 Å². The van der Waals surface area contributed by atoms with E-state index in [2.05, 4.69) is 21.0 Å². The van der Waals surface area contributed by atoms with E-state index in [1.807, 2.05) is 24.3 Å². The average Bonchev–Trinajstić information content (AvgIpc) is 2.96. The van der Waals surface area contributed by atoms with E-state index in [0.29, 0.717) is 38.3 Å². The number of nitrogens with zero attached hydrogens (tertiary/aromatic N) is 4. The maximum atomic E-state index is 13.5. The van der Waals surface area contributed by atoms with Gasteiger partial charge in [0.1, 0.15) is 12.4 Å². The van der Waals surface area contributed by atoms with Crippen molar-refractivity contribution in [1.82, 2.24) is 9.66 Å². The molecule has 0 spiro atoms. The second-order valence-electron chi connectivity index (χ2n) is 9.43. The molecule has 39 heavy (non-hydrogen) atoms. The number of methoxy groups -OCH3 is 1. The SMILES string of the molecule is COc1cc(C=Nn2c(C3CCCCC3)nc3ccccc3c2=O)cc(Br)c1OCc1ccc([N+](=O)[O-])cc1. The standard InChI is InChI=1S/C29H27BrN4O5/c1-38-26-16-20(15-24(30)27(26)39-18-19-11-13-22(14-12-19)34(36)37)17-31-33-28(21-7-3-2-4-8-21)32-25-10-6-5-9-23(25)29(33)35/h5-6,9-17,21H,2-4,7-8,18H2,1H3. The highest BCUT2D eigenvalue weighted by Crippen LogP contribution is 2.37. The van der Waals surface area contributed by atoms with Crippen molar-refractivity contribution in [2.45, 2.75) is 44.6 Å². The van der Waals surface area contributed by atoms with Gasteiger partial charge in [-0.2, -0.15) is 9.78 Å². The second-order valence-corrected chi connectivity index (χ2v) is 10.3. The number of hydrogen-bond acceptors (Lipinski definition) is 7. The van der Waals surface area contributed by atoms with Gasteiger partial charge in [0.15, 0.2) is 11.5 Å². The van der Waals surface area contributed by atoms with Crippen LogP contribution in [0.1, 0.15) is 55.0 Å². The first-order valence-electron chi connectivity index (χ1n) is 12.7. The van der Waals surface area contributed by atoms with Gasteiger partial charge >= 0.3 is 0 Å². The molecule has 5 rings (SSSR count). The molecule has 9 nitrogen and oxygen atoms in total. The minimum atomic E-state index is -0.440. The molecule has 0 bridgehead atoms. The summed E-state index contributed by atoms with van der Waals surface area (Å²) in [6, 6.07) is 17.2. The molecule has 10 heteroatoms. The van der Waals surface area contributed by atoms with Crippen molar-refractivity contribution in [1.29, 1.82) is 0 Å². The molecular weight excluding hydrogens is 564 g/mol. The molecule has 1 aliphatic rings.